The van der Waals surface area contributed by atoms with Crippen molar-refractivity contribution in [2.24, 2.45) is 5.92 Å². The van der Waals surface area contributed by atoms with Gasteiger partial charge in [0.2, 0.25) is 10.0 Å². The number of rotatable bonds is 6. The Morgan fingerprint density at radius 3 is 2.48 bits per heavy atom. The fourth-order valence-corrected chi connectivity index (χ4v) is 4.06. The maximum Gasteiger partial charge on any atom is 0.213 e. The third-order valence-electron chi connectivity index (χ3n) is 4.36. The van der Waals surface area contributed by atoms with Gasteiger partial charge >= 0.3 is 0 Å². The maximum absolute atomic E-state index is 13.1. The van der Waals surface area contributed by atoms with E-state index < -0.39 is 10.0 Å². The average Bonchev–Trinajstić information content (AvgIpc) is 2.54. The quantitative estimate of drug-likeness (QED) is 0.861. The Hall–Kier alpha value is -1.05. The van der Waals surface area contributed by atoms with E-state index in [4.69, 9.17) is 0 Å². The summed E-state index contributed by atoms with van der Waals surface area (Å²) in [5.74, 6) is 0.124. The monoisotopic (exact) mass is 343 g/mol. The van der Waals surface area contributed by atoms with Gasteiger partial charge in [-0.1, -0.05) is 13.8 Å². The van der Waals surface area contributed by atoms with Gasteiger partial charge in [0.15, 0.2) is 0 Å². The Bertz CT molecular complexity index is 596. The van der Waals surface area contributed by atoms with Crippen molar-refractivity contribution in [1.29, 1.82) is 0 Å². The third kappa shape index (κ3) is 4.71. The number of hydrogen-bond acceptors (Lipinski definition) is 4. The van der Waals surface area contributed by atoms with Crippen LogP contribution < -0.4 is 5.32 Å². The van der Waals surface area contributed by atoms with E-state index in [1.807, 2.05) is 0 Å². The molecule has 1 aromatic rings. The number of hydrogen-bond donors (Lipinski definition) is 1. The molecule has 0 spiro atoms. The molecule has 1 aromatic heterocycles. The van der Waals surface area contributed by atoms with Crippen LogP contribution >= 0.6 is 0 Å². The topological polar surface area (TPSA) is 62.3 Å². The number of pyridine rings is 1. The molecule has 0 aliphatic carbocycles. The van der Waals surface area contributed by atoms with Crippen LogP contribution in [-0.4, -0.2) is 42.6 Å². The highest BCUT2D eigenvalue weighted by atomic mass is 32.2. The van der Waals surface area contributed by atoms with Gasteiger partial charge in [0.25, 0.3) is 0 Å². The molecule has 1 aliphatic heterocycles. The lowest BCUT2D eigenvalue weighted by Crippen LogP contribution is -2.47. The van der Waals surface area contributed by atoms with Gasteiger partial charge < -0.3 is 5.32 Å². The molecule has 1 N–H and O–H groups in total. The highest BCUT2D eigenvalue weighted by Crippen LogP contribution is 2.23. The molecule has 1 atom stereocenters. The normalized spacial score (nSPS) is 19.2. The summed E-state index contributed by atoms with van der Waals surface area (Å²) in [7, 11) is -3.09. The predicted octanol–water partition coefficient (Wildman–Crippen LogP) is 2.32. The van der Waals surface area contributed by atoms with Crippen LogP contribution in [0.4, 0.5) is 4.39 Å². The van der Waals surface area contributed by atoms with Gasteiger partial charge in [-0.2, -0.15) is 0 Å². The van der Waals surface area contributed by atoms with Crippen molar-refractivity contribution < 1.29 is 12.8 Å². The van der Waals surface area contributed by atoms with Crippen molar-refractivity contribution in [2.75, 3.05) is 18.8 Å². The summed E-state index contributed by atoms with van der Waals surface area (Å²) in [6, 6.07) is 3.42. The summed E-state index contributed by atoms with van der Waals surface area (Å²) in [6.45, 7) is 6.97. The number of piperidine rings is 1. The Kier molecular flexibility index (Phi) is 6.11. The van der Waals surface area contributed by atoms with Gasteiger partial charge in [-0.15, -0.1) is 0 Å². The summed E-state index contributed by atoms with van der Waals surface area (Å²) in [5, 5.41) is 3.57. The molecule has 0 bridgehead atoms. The number of nitrogens with one attached hydrogen (secondary N) is 1. The molecule has 0 aromatic carbocycles. The molecule has 2 heterocycles. The van der Waals surface area contributed by atoms with Gasteiger partial charge in [0, 0.05) is 19.1 Å². The van der Waals surface area contributed by atoms with E-state index in [-0.39, 0.29) is 23.7 Å². The summed E-state index contributed by atoms with van der Waals surface area (Å²) >= 11 is 0. The van der Waals surface area contributed by atoms with Crippen LogP contribution in [0.1, 0.15) is 45.3 Å². The Morgan fingerprint density at radius 1 is 1.35 bits per heavy atom. The highest BCUT2D eigenvalue weighted by Gasteiger charge is 2.29. The second-order valence-corrected chi connectivity index (χ2v) is 8.62. The van der Waals surface area contributed by atoms with E-state index in [1.165, 1.54) is 12.3 Å². The second kappa shape index (κ2) is 7.68. The first kappa shape index (κ1) is 18.3. The molecule has 1 fully saturated rings. The van der Waals surface area contributed by atoms with Gasteiger partial charge in [-0.05, 0) is 37.8 Å². The first-order chi connectivity index (χ1) is 10.8. The standard InChI is InChI=1S/C16H26FN3O2S/c1-4-23(21,22)20-9-7-14(8-10-20)19-16(12(2)3)15-6-5-13(17)11-18-15/h5-6,11-12,14,16,19H,4,7-10H2,1-3H3/t16-/m1/s1. The van der Waals surface area contributed by atoms with Crippen LogP contribution in [0.5, 0.6) is 0 Å². The Balaban J connectivity index is 1.99. The third-order valence-corrected chi connectivity index (χ3v) is 6.24. The van der Waals surface area contributed by atoms with E-state index in [2.05, 4.69) is 24.1 Å². The molecule has 0 radical (unpaired) electrons. The van der Waals surface area contributed by atoms with Gasteiger partial charge in [-0.3, -0.25) is 4.98 Å². The minimum atomic E-state index is -3.09. The van der Waals surface area contributed by atoms with Crippen molar-refractivity contribution >= 4 is 10.0 Å². The SMILES string of the molecule is CCS(=O)(=O)N1CCC(N[C@@H](c2ccc(F)cn2)C(C)C)CC1. The molecule has 2 rings (SSSR count). The summed E-state index contributed by atoms with van der Waals surface area (Å²) in [5.41, 5.74) is 0.824. The lowest BCUT2D eigenvalue weighted by Gasteiger charge is -2.34. The van der Waals surface area contributed by atoms with Crippen molar-refractivity contribution in [1.82, 2.24) is 14.6 Å². The lowest BCUT2D eigenvalue weighted by molar-refractivity contribution is 0.253. The molecular weight excluding hydrogens is 317 g/mol. The number of aromatic nitrogens is 1. The minimum Gasteiger partial charge on any atom is -0.306 e. The fraction of sp³-hybridized carbons (Fsp3) is 0.688. The largest absolute Gasteiger partial charge is 0.306 e. The molecule has 7 heteroatoms. The van der Waals surface area contributed by atoms with Crippen molar-refractivity contribution in [3.8, 4) is 0 Å². The molecule has 0 saturated carbocycles. The molecule has 130 valence electrons. The zero-order valence-electron chi connectivity index (χ0n) is 14.0. The van der Waals surface area contributed by atoms with E-state index in [9.17, 15) is 12.8 Å². The first-order valence-electron chi connectivity index (χ1n) is 8.18. The van der Waals surface area contributed by atoms with E-state index in [1.54, 1.807) is 17.3 Å². The summed E-state index contributed by atoms with van der Waals surface area (Å²) in [6.07, 6.45) is 2.80. The lowest BCUT2D eigenvalue weighted by atomic mass is 9.97. The first-order valence-corrected chi connectivity index (χ1v) is 9.79. The molecule has 0 unspecified atom stereocenters. The second-order valence-electron chi connectivity index (χ2n) is 6.36. The molecule has 5 nitrogen and oxygen atoms in total. The van der Waals surface area contributed by atoms with E-state index in [0.717, 1.165) is 18.5 Å². The minimum absolute atomic E-state index is 0.0370. The van der Waals surface area contributed by atoms with Gasteiger partial charge in [-0.25, -0.2) is 17.1 Å². The zero-order valence-corrected chi connectivity index (χ0v) is 14.8. The van der Waals surface area contributed by atoms with Crippen molar-refractivity contribution in [3.05, 3.63) is 29.8 Å². The molecule has 1 saturated heterocycles. The van der Waals surface area contributed by atoms with Gasteiger partial charge in [0.05, 0.1) is 23.7 Å². The number of halogens is 1. The highest BCUT2D eigenvalue weighted by molar-refractivity contribution is 7.89. The van der Waals surface area contributed by atoms with Crippen LogP contribution in [0, 0.1) is 11.7 Å². The molecule has 1 aliphatic rings. The molecule has 0 amide bonds. The van der Waals surface area contributed by atoms with E-state index in [0.29, 0.717) is 19.0 Å². The molecular formula is C16H26FN3O2S. The fourth-order valence-electron chi connectivity index (χ4n) is 2.93. The predicted molar refractivity (Wildman–Crippen MR) is 89.0 cm³/mol. The smallest absolute Gasteiger partial charge is 0.213 e. The zero-order chi connectivity index (χ0) is 17.0. The van der Waals surface area contributed by atoms with Crippen molar-refractivity contribution in [2.45, 2.75) is 45.7 Å². The van der Waals surface area contributed by atoms with E-state index >= 15 is 0 Å². The summed E-state index contributed by atoms with van der Waals surface area (Å²) in [4.78, 5) is 4.19. The van der Waals surface area contributed by atoms with Crippen LogP contribution in [0.3, 0.4) is 0 Å². The Labute approximate surface area is 138 Å². The summed E-state index contributed by atoms with van der Waals surface area (Å²) < 4.78 is 38.4. The van der Waals surface area contributed by atoms with Crippen molar-refractivity contribution in [3.63, 3.8) is 0 Å². The Morgan fingerprint density at radius 2 is 2.00 bits per heavy atom. The average molecular weight is 343 g/mol. The van der Waals surface area contributed by atoms with Crippen LogP contribution in [0.2, 0.25) is 0 Å². The van der Waals surface area contributed by atoms with Crippen LogP contribution in [0.25, 0.3) is 0 Å². The number of sulfonamides is 1. The maximum atomic E-state index is 13.1. The van der Waals surface area contributed by atoms with Gasteiger partial charge in [0.1, 0.15) is 5.82 Å². The molecule has 23 heavy (non-hydrogen) atoms. The van der Waals surface area contributed by atoms with Crippen LogP contribution in [0.15, 0.2) is 18.3 Å². The number of nitrogens with zero attached hydrogens (tertiary/aromatic N) is 2. The van der Waals surface area contributed by atoms with Crippen LogP contribution in [-0.2, 0) is 10.0 Å².